The molecule has 0 aliphatic rings. The molecule has 1 heterocycles. The van der Waals surface area contributed by atoms with Gasteiger partial charge in [0.15, 0.2) is 0 Å². The Labute approximate surface area is 88.4 Å². The summed E-state index contributed by atoms with van der Waals surface area (Å²) < 4.78 is 0. The third-order valence-corrected chi connectivity index (χ3v) is 3.20. The number of anilines is 1. The van der Waals surface area contributed by atoms with Crippen molar-refractivity contribution in [2.45, 2.75) is 6.92 Å². The largest absolute Gasteiger partial charge is 0.387 e. The van der Waals surface area contributed by atoms with Crippen molar-refractivity contribution < 1.29 is 0 Å². The van der Waals surface area contributed by atoms with Crippen LogP contribution in [0.25, 0.3) is 10.4 Å². The summed E-state index contributed by atoms with van der Waals surface area (Å²) in [5, 5.41) is 5.27. The second-order valence-corrected chi connectivity index (χ2v) is 4.23. The summed E-state index contributed by atoms with van der Waals surface area (Å²) in [5.41, 5.74) is 3.78. The molecule has 2 heteroatoms. The average molecular weight is 203 g/mol. The van der Waals surface area contributed by atoms with E-state index in [9.17, 15) is 0 Å². The highest BCUT2D eigenvalue weighted by Gasteiger charge is 2.00. The number of benzene rings is 1. The predicted octanol–water partition coefficient (Wildman–Crippen LogP) is 3.77. The zero-order valence-electron chi connectivity index (χ0n) is 8.37. The Morgan fingerprint density at radius 1 is 1.14 bits per heavy atom. The topological polar surface area (TPSA) is 12.0 Å². The minimum Gasteiger partial charge on any atom is -0.387 e. The smallest absolute Gasteiger partial charge is 0.0452 e. The first-order valence-corrected chi connectivity index (χ1v) is 5.51. The van der Waals surface area contributed by atoms with Gasteiger partial charge in [0.2, 0.25) is 0 Å². The van der Waals surface area contributed by atoms with Gasteiger partial charge in [-0.05, 0) is 18.6 Å². The highest BCUT2D eigenvalue weighted by molar-refractivity contribution is 7.14. The van der Waals surface area contributed by atoms with E-state index in [-0.39, 0.29) is 0 Å². The van der Waals surface area contributed by atoms with Crippen LogP contribution in [0.3, 0.4) is 0 Å². The van der Waals surface area contributed by atoms with Gasteiger partial charge in [-0.2, -0.15) is 0 Å². The second-order valence-electron chi connectivity index (χ2n) is 3.32. The summed E-state index contributed by atoms with van der Waals surface area (Å²) in [6.07, 6.45) is 0. The molecule has 0 saturated carbocycles. The van der Waals surface area contributed by atoms with E-state index in [1.54, 1.807) is 11.3 Å². The Hall–Kier alpha value is -1.28. The molecule has 0 aliphatic carbocycles. The molecule has 0 spiro atoms. The van der Waals surface area contributed by atoms with Crippen molar-refractivity contribution in [3.63, 3.8) is 0 Å². The third kappa shape index (κ3) is 1.80. The third-order valence-electron chi connectivity index (χ3n) is 2.22. The number of hydrogen-bond donors (Lipinski definition) is 1. The van der Waals surface area contributed by atoms with Crippen LogP contribution in [0.2, 0.25) is 0 Å². The van der Waals surface area contributed by atoms with Gasteiger partial charge in [0.05, 0.1) is 0 Å². The Bertz CT molecular complexity index is 414. The lowest BCUT2D eigenvalue weighted by atomic mass is 10.1. The van der Waals surface area contributed by atoms with Gasteiger partial charge in [0, 0.05) is 23.0 Å². The molecule has 0 bridgehead atoms. The highest BCUT2D eigenvalue weighted by Crippen LogP contribution is 2.29. The minimum absolute atomic E-state index is 1.19. The fourth-order valence-corrected chi connectivity index (χ4v) is 2.24. The summed E-state index contributed by atoms with van der Waals surface area (Å²) >= 11 is 1.77. The van der Waals surface area contributed by atoms with E-state index < -0.39 is 0 Å². The lowest BCUT2D eigenvalue weighted by Crippen LogP contribution is -1.82. The fourth-order valence-electron chi connectivity index (χ4n) is 1.34. The van der Waals surface area contributed by atoms with Gasteiger partial charge < -0.3 is 5.32 Å². The summed E-state index contributed by atoms with van der Waals surface area (Å²) in [4.78, 5) is 1.31. The molecular weight excluding hydrogens is 190 g/mol. The first-order valence-electron chi connectivity index (χ1n) is 4.63. The van der Waals surface area contributed by atoms with Gasteiger partial charge >= 0.3 is 0 Å². The van der Waals surface area contributed by atoms with Crippen molar-refractivity contribution in [1.82, 2.24) is 0 Å². The molecule has 1 aromatic heterocycles. The molecule has 72 valence electrons. The molecule has 0 unspecified atom stereocenters. The van der Waals surface area contributed by atoms with E-state index in [1.165, 1.54) is 21.7 Å². The van der Waals surface area contributed by atoms with E-state index >= 15 is 0 Å². The zero-order valence-corrected chi connectivity index (χ0v) is 9.19. The Kier molecular flexibility index (Phi) is 2.55. The molecule has 2 aromatic rings. The predicted molar refractivity (Wildman–Crippen MR) is 64.0 cm³/mol. The van der Waals surface area contributed by atoms with E-state index in [2.05, 4.69) is 48.0 Å². The fraction of sp³-hybridized carbons (Fsp3) is 0.167. The molecule has 0 fully saturated rings. The lowest BCUT2D eigenvalue weighted by Gasteiger charge is -1.97. The Balaban J connectivity index is 2.34. The van der Waals surface area contributed by atoms with Crippen LogP contribution in [0.15, 0.2) is 35.7 Å². The van der Waals surface area contributed by atoms with E-state index in [0.717, 1.165) is 0 Å². The Morgan fingerprint density at radius 3 is 2.43 bits per heavy atom. The highest BCUT2D eigenvalue weighted by atomic mass is 32.1. The van der Waals surface area contributed by atoms with Crippen LogP contribution in [0.1, 0.15) is 5.56 Å². The summed E-state index contributed by atoms with van der Waals surface area (Å²) in [7, 11) is 1.95. The van der Waals surface area contributed by atoms with Crippen LogP contribution in [0.5, 0.6) is 0 Å². The van der Waals surface area contributed by atoms with E-state index in [0.29, 0.717) is 0 Å². The molecule has 14 heavy (non-hydrogen) atoms. The molecular formula is C12H13NS. The van der Waals surface area contributed by atoms with Gasteiger partial charge in [0.1, 0.15) is 0 Å². The Morgan fingerprint density at radius 2 is 1.86 bits per heavy atom. The van der Waals surface area contributed by atoms with Crippen molar-refractivity contribution in [3.8, 4) is 10.4 Å². The standard InChI is InChI=1S/C12H13NS/c1-9-3-5-10(6-4-9)12-7-11(13-2)8-14-12/h3-8,13H,1-2H3. The first-order chi connectivity index (χ1) is 6.79. The number of aryl methyl sites for hydroxylation is 1. The van der Waals surface area contributed by atoms with Gasteiger partial charge in [-0.15, -0.1) is 11.3 Å². The normalized spacial score (nSPS) is 10.1. The minimum atomic E-state index is 1.19. The number of rotatable bonds is 2. The van der Waals surface area contributed by atoms with Gasteiger partial charge in [0.25, 0.3) is 0 Å². The molecule has 1 N–H and O–H groups in total. The lowest BCUT2D eigenvalue weighted by molar-refractivity contribution is 1.48. The molecule has 1 nitrogen and oxygen atoms in total. The monoisotopic (exact) mass is 203 g/mol. The zero-order chi connectivity index (χ0) is 9.97. The number of hydrogen-bond acceptors (Lipinski definition) is 2. The van der Waals surface area contributed by atoms with Crippen LogP contribution >= 0.6 is 11.3 Å². The van der Waals surface area contributed by atoms with Crippen LogP contribution in [0.4, 0.5) is 5.69 Å². The maximum Gasteiger partial charge on any atom is 0.0452 e. The first kappa shape index (κ1) is 9.28. The van der Waals surface area contributed by atoms with Crippen LogP contribution < -0.4 is 5.32 Å². The molecule has 0 atom stereocenters. The molecule has 0 radical (unpaired) electrons. The molecule has 2 rings (SSSR count). The van der Waals surface area contributed by atoms with Gasteiger partial charge in [-0.3, -0.25) is 0 Å². The van der Waals surface area contributed by atoms with Crippen LogP contribution in [0, 0.1) is 6.92 Å². The van der Waals surface area contributed by atoms with Crippen molar-refractivity contribution >= 4 is 17.0 Å². The van der Waals surface area contributed by atoms with E-state index in [4.69, 9.17) is 0 Å². The van der Waals surface area contributed by atoms with Gasteiger partial charge in [-0.25, -0.2) is 0 Å². The molecule has 0 saturated heterocycles. The van der Waals surface area contributed by atoms with Gasteiger partial charge in [-0.1, -0.05) is 29.8 Å². The van der Waals surface area contributed by atoms with Crippen LogP contribution in [-0.4, -0.2) is 7.05 Å². The van der Waals surface area contributed by atoms with Crippen molar-refractivity contribution in [2.24, 2.45) is 0 Å². The summed E-state index contributed by atoms with van der Waals surface area (Å²) in [6.45, 7) is 2.11. The number of thiophene rings is 1. The van der Waals surface area contributed by atoms with Crippen LogP contribution in [-0.2, 0) is 0 Å². The average Bonchev–Trinajstić information content (AvgIpc) is 2.67. The maximum absolute atomic E-state index is 3.14. The molecule has 1 aromatic carbocycles. The summed E-state index contributed by atoms with van der Waals surface area (Å²) in [5.74, 6) is 0. The molecule has 0 amide bonds. The second kappa shape index (κ2) is 3.84. The van der Waals surface area contributed by atoms with E-state index in [1.807, 2.05) is 7.05 Å². The van der Waals surface area contributed by atoms with Crippen molar-refractivity contribution in [3.05, 3.63) is 41.3 Å². The van der Waals surface area contributed by atoms with Crippen molar-refractivity contribution in [2.75, 3.05) is 12.4 Å². The SMILES string of the molecule is CNc1csc(-c2ccc(C)cc2)c1. The summed E-state index contributed by atoms with van der Waals surface area (Å²) in [6, 6.07) is 10.8. The maximum atomic E-state index is 3.14. The quantitative estimate of drug-likeness (QED) is 0.783. The van der Waals surface area contributed by atoms with Crippen molar-refractivity contribution in [1.29, 1.82) is 0 Å². The molecule has 0 aliphatic heterocycles. The number of nitrogens with one attached hydrogen (secondary N) is 1.